The fourth-order valence-electron chi connectivity index (χ4n) is 3.24. The number of rotatable bonds is 6. The molecule has 1 amide bonds. The van der Waals surface area contributed by atoms with E-state index in [4.69, 9.17) is 4.74 Å². The van der Waals surface area contributed by atoms with Crippen molar-refractivity contribution in [2.75, 3.05) is 13.1 Å². The molecule has 1 aliphatic rings. The third kappa shape index (κ3) is 5.49. The highest BCUT2D eigenvalue weighted by Gasteiger charge is 2.22. The van der Waals surface area contributed by atoms with Crippen LogP contribution in [0, 0.1) is 0 Å². The SMILES string of the molecule is CC1CN(Cc2ccccc2CNC(=O)/C=C/c2nccs2)CC(C)O1. The molecule has 1 fully saturated rings. The standard InChI is InChI=1S/C20H25N3O2S/c1-15-12-23(13-16(2)25-15)14-18-6-4-3-5-17(18)11-22-19(24)7-8-20-21-9-10-26-20/h3-10,15-16H,11-14H2,1-2H3,(H,22,24)/b8-7+. The Kier molecular flexibility index (Phi) is 6.55. The van der Waals surface area contributed by atoms with Crippen LogP contribution in [-0.4, -0.2) is 41.1 Å². The molecule has 0 radical (unpaired) electrons. The minimum absolute atomic E-state index is 0.108. The lowest BCUT2D eigenvalue weighted by atomic mass is 10.1. The van der Waals surface area contributed by atoms with Crippen LogP contribution in [0.5, 0.6) is 0 Å². The Hall–Kier alpha value is -2.02. The molecular formula is C20H25N3O2S. The summed E-state index contributed by atoms with van der Waals surface area (Å²) in [6.07, 6.45) is 5.50. The molecule has 0 spiro atoms. The lowest BCUT2D eigenvalue weighted by Gasteiger charge is -2.35. The summed E-state index contributed by atoms with van der Waals surface area (Å²) in [6, 6.07) is 8.28. The van der Waals surface area contributed by atoms with Gasteiger partial charge in [-0.1, -0.05) is 24.3 Å². The van der Waals surface area contributed by atoms with Gasteiger partial charge in [0.05, 0.1) is 12.2 Å². The Balaban J connectivity index is 1.57. The maximum Gasteiger partial charge on any atom is 0.244 e. The van der Waals surface area contributed by atoms with Crippen LogP contribution < -0.4 is 5.32 Å². The highest BCUT2D eigenvalue weighted by atomic mass is 32.1. The van der Waals surface area contributed by atoms with E-state index in [9.17, 15) is 4.79 Å². The second-order valence-electron chi connectivity index (χ2n) is 6.64. The van der Waals surface area contributed by atoms with Crippen molar-refractivity contribution in [2.24, 2.45) is 0 Å². The number of thiazole rings is 1. The number of benzene rings is 1. The highest BCUT2D eigenvalue weighted by molar-refractivity contribution is 7.10. The van der Waals surface area contributed by atoms with Crippen molar-refractivity contribution in [1.29, 1.82) is 0 Å². The zero-order valence-corrected chi connectivity index (χ0v) is 16.0. The van der Waals surface area contributed by atoms with Gasteiger partial charge in [0.1, 0.15) is 5.01 Å². The van der Waals surface area contributed by atoms with Crippen molar-refractivity contribution >= 4 is 23.3 Å². The van der Waals surface area contributed by atoms with Crippen LogP contribution in [0.25, 0.3) is 6.08 Å². The maximum atomic E-state index is 12.1. The molecule has 0 saturated carbocycles. The molecule has 1 N–H and O–H groups in total. The first-order valence-electron chi connectivity index (χ1n) is 8.90. The first-order valence-corrected chi connectivity index (χ1v) is 9.78. The summed E-state index contributed by atoms with van der Waals surface area (Å²) in [7, 11) is 0. The average molecular weight is 372 g/mol. The van der Waals surface area contributed by atoms with E-state index >= 15 is 0 Å². The second-order valence-corrected chi connectivity index (χ2v) is 7.57. The molecule has 138 valence electrons. The lowest BCUT2D eigenvalue weighted by Crippen LogP contribution is -2.45. The van der Waals surface area contributed by atoms with Crippen molar-refractivity contribution in [2.45, 2.75) is 39.1 Å². The zero-order valence-electron chi connectivity index (χ0n) is 15.2. The maximum absolute atomic E-state index is 12.1. The van der Waals surface area contributed by atoms with E-state index < -0.39 is 0 Å². The molecule has 2 atom stereocenters. The molecule has 1 aliphatic heterocycles. The molecule has 2 aromatic rings. The summed E-state index contributed by atoms with van der Waals surface area (Å²) < 4.78 is 5.81. The molecule has 0 aliphatic carbocycles. The molecule has 3 rings (SSSR count). The summed E-state index contributed by atoms with van der Waals surface area (Å²) >= 11 is 1.51. The van der Waals surface area contributed by atoms with Gasteiger partial charge in [-0.15, -0.1) is 11.3 Å². The molecule has 1 saturated heterocycles. The number of aromatic nitrogens is 1. The first-order chi connectivity index (χ1) is 12.6. The Morgan fingerprint density at radius 3 is 2.73 bits per heavy atom. The second kappa shape index (κ2) is 9.07. The number of nitrogens with one attached hydrogen (secondary N) is 1. The van der Waals surface area contributed by atoms with E-state index in [1.165, 1.54) is 23.0 Å². The first kappa shape index (κ1) is 18.8. The van der Waals surface area contributed by atoms with Crippen LogP contribution in [0.4, 0.5) is 0 Å². The van der Waals surface area contributed by atoms with Gasteiger partial charge in [-0.3, -0.25) is 9.69 Å². The van der Waals surface area contributed by atoms with Crippen molar-refractivity contribution in [3.8, 4) is 0 Å². The molecule has 1 aromatic carbocycles. The Morgan fingerprint density at radius 1 is 1.31 bits per heavy atom. The number of hydrogen-bond donors (Lipinski definition) is 1. The van der Waals surface area contributed by atoms with Crippen LogP contribution in [0.2, 0.25) is 0 Å². The third-order valence-electron chi connectivity index (χ3n) is 4.29. The third-order valence-corrected chi connectivity index (χ3v) is 5.03. The van der Waals surface area contributed by atoms with Gasteiger partial charge in [-0.25, -0.2) is 4.98 Å². The number of amides is 1. The summed E-state index contributed by atoms with van der Waals surface area (Å²) in [5.41, 5.74) is 2.40. The van der Waals surface area contributed by atoms with Crippen molar-refractivity contribution in [3.05, 3.63) is 58.1 Å². The quantitative estimate of drug-likeness (QED) is 0.793. The van der Waals surface area contributed by atoms with E-state index in [0.29, 0.717) is 6.54 Å². The van der Waals surface area contributed by atoms with Gasteiger partial charge < -0.3 is 10.1 Å². The van der Waals surface area contributed by atoms with E-state index in [-0.39, 0.29) is 18.1 Å². The summed E-state index contributed by atoms with van der Waals surface area (Å²) in [5, 5.41) is 5.68. The number of nitrogens with zero attached hydrogens (tertiary/aromatic N) is 2. The minimum Gasteiger partial charge on any atom is -0.373 e. The number of morpholine rings is 1. The van der Waals surface area contributed by atoms with Gasteiger partial charge in [0.15, 0.2) is 0 Å². The van der Waals surface area contributed by atoms with Crippen LogP contribution in [0.3, 0.4) is 0 Å². The predicted molar refractivity (Wildman–Crippen MR) is 105 cm³/mol. The van der Waals surface area contributed by atoms with Crippen molar-refractivity contribution in [3.63, 3.8) is 0 Å². The monoisotopic (exact) mass is 371 g/mol. The molecule has 1 aromatic heterocycles. The topological polar surface area (TPSA) is 54.5 Å². The van der Waals surface area contributed by atoms with E-state index in [2.05, 4.69) is 47.2 Å². The van der Waals surface area contributed by atoms with Gasteiger partial charge in [0, 0.05) is 43.8 Å². The van der Waals surface area contributed by atoms with Crippen LogP contribution >= 0.6 is 11.3 Å². The average Bonchev–Trinajstić information content (AvgIpc) is 3.12. The van der Waals surface area contributed by atoms with Crippen LogP contribution in [-0.2, 0) is 22.6 Å². The zero-order chi connectivity index (χ0) is 18.4. The highest BCUT2D eigenvalue weighted by Crippen LogP contribution is 2.17. The molecule has 5 nitrogen and oxygen atoms in total. The molecule has 2 unspecified atom stereocenters. The van der Waals surface area contributed by atoms with Crippen molar-refractivity contribution < 1.29 is 9.53 Å². The van der Waals surface area contributed by atoms with E-state index in [0.717, 1.165) is 30.2 Å². The van der Waals surface area contributed by atoms with E-state index in [1.807, 2.05) is 11.4 Å². The number of ether oxygens (including phenoxy) is 1. The summed E-state index contributed by atoms with van der Waals surface area (Å²) in [5.74, 6) is -0.108. The lowest BCUT2D eigenvalue weighted by molar-refractivity contribution is -0.116. The van der Waals surface area contributed by atoms with Crippen molar-refractivity contribution in [1.82, 2.24) is 15.2 Å². The molecule has 26 heavy (non-hydrogen) atoms. The number of carbonyl (C=O) groups is 1. The molecule has 6 heteroatoms. The minimum atomic E-state index is -0.108. The molecule has 0 bridgehead atoms. The van der Waals surface area contributed by atoms with Gasteiger partial charge in [0.2, 0.25) is 5.91 Å². The fourth-order valence-corrected chi connectivity index (χ4v) is 3.77. The fraction of sp³-hybridized carbons (Fsp3) is 0.400. The van der Waals surface area contributed by atoms with Gasteiger partial charge in [-0.05, 0) is 31.1 Å². The summed E-state index contributed by atoms with van der Waals surface area (Å²) in [4.78, 5) is 18.6. The predicted octanol–water partition coefficient (Wildman–Crippen LogP) is 3.08. The van der Waals surface area contributed by atoms with Crippen LogP contribution in [0.15, 0.2) is 41.9 Å². The Labute approximate surface area is 158 Å². The molecular weight excluding hydrogens is 346 g/mol. The Morgan fingerprint density at radius 2 is 2.04 bits per heavy atom. The van der Waals surface area contributed by atoms with Gasteiger partial charge in [0.25, 0.3) is 0 Å². The van der Waals surface area contributed by atoms with Gasteiger partial charge in [-0.2, -0.15) is 0 Å². The normalized spacial score (nSPS) is 21.2. The number of hydrogen-bond acceptors (Lipinski definition) is 5. The largest absolute Gasteiger partial charge is 0.373 e. The van der Waals surface area contributed by atoms with Gasteiger partial charge >= 0.3 is 0 Å². The number of carbonyl (C=O) groups excluding carboxylic acids is 1. The van der Waals surface area contributed by atoms with Crippen LogP contribution in [0.1, 0.15) is 30.0 Å². The molecule has 2 heterocycles. The smallest absolute Gasteiger partial charge is 0.244 e. The summed E-state index contributed by atoms with van der Waals surface area (Å²) in [6.45, 7) is 7.49. The van der Waals surface area contributed by atoms with E-state index in [1.54, 1.807) is 12.3 Å². The Bertz CT molecular complexity index is 735.